The highest BCUT2D eigenvalue weighted by Crippen LogP contribution is 2.29. The summed E-state index contributed by atoms with van der Waals surface area (Å²) in [6.07, 6.45) is 10.9. The Labute approximate surface area is 109 Å². The van der Waals surface area contributed by atoms with Crippen LogP contribution in [-0.4, -0.2) is 9.78 Å². The monoisotopic (exact) mass is 240 g/mol. The maximum atomic E-state index is 4.56. The smallest absolute Gasteiger partial charge is 0.0568 e. The minimum Gasteiger partial charge on any atom is -0.269 e. The van der Waals surface area contributed by atoms with E-state index in [1.54, 1.807) is 0 Å². The molecule has 0 atom stereocenters. The highest BCUT2D eigenvalue weighted by atomic mass is 15.3. The number of aromatic nitrogens is 2. The molecule has 0 unspecified atom stereocenters. The minimum absolute atomic E-state index is 0.623. The summed E-state index contributed by atoms with van der Waals surface area (Å²) in [5, 5.41) is 4.56. The number of aryl methyl sites for hydroxylation is 1. The van der Waals surface area contributed by atoms with Crippen LogP contribution in [0.15, 0.2) is 36.7 Å². The van der Waals surface area contributed by atoms with Gasteiger partial charge in [-0.1, -0.05) is 49.1 Å². The fraction of sp³-hybridized carbons (Fsp3) is 0.438. The van der Waals surface area contributed by atoms with Crippen LogP contribution in [0.3, 0.4) is 0 Å². The van der Waals surface area contributed by atoms with Crippen molar-refractivity contribution >= 4 is 0 Å². The molecule has 1 saturated carbocycles. The lowest BCUT2D eigenvalue weighted by Gasteiger charge is -2.21. The van der Waals surface area contributed by atoms with Crippen LogP contribution >= 0.6 is 0 Å². The van der Waals surface area contributed by atoms with E-state index in [9.17, 15) is 0 Å². The predicted molar refractivity (Wildman–Crippen MR) is 74.5 cm³/mol. The highest BCUT2D eigenvalue weighted by molar-refractivity contribution is 5.62. The Morgan fingerprint density at radius 3 is 2.72 bits per heavy atom. The number of benzene rings is 1. The zero-order valence-corrected chi connectivity index (χ0v) is 11.0. The normalized spacial score (nSPS) is 16.9. The first-order valence-electron chi connectivity index (χ1n) is 6.94. The van der Waals surface area contributed by atoms with Crippen molar-refractivity contribution in [1.82, 2.24) is 9.78 Å². The van der Waals surface area contributed by atoms with Crippen molar-refractivity contribution in [1.29, 1.82) is 0 Å². The van der Waals surface area contributed by atoms with Gasteiger partial charge in [-0.2, -0.15) is 5.10 Å². The van der Waals surface area contributed by atoms with Crippen molar-refractivity contribution in [2.45, 2.75) is 45.1 Å². The van der Waals surface area contributed by atoms with Crippen LogP contribution in [0.5, 0.6) is 0 Å². The second kappa shape index (κ2) is 4.97. The van der Waals surface area contributed by atoms with Gasteiger partial charge >= 0.3 is 0 Å². The van der Waals surface area contributed by atoms with E-state index in [0.29, 0.717) is 6.04 Å². The third-order valence-corrected chi connectivity index (χ3v) is 3.90. The molecule has 0 saturated heterocycles. The van der Waals surface area contributed by atoms with Crippen LogP contribution in [0.4, 0.5) is 0 Å². The van der Waals surface area contributed by atoms with Crippen LogP contribution in [0.1, 0.15) is 43.7 Å². The molecule has 3 rings (SSSR count). The molecular formula is C16H20N2. The van der Waals surface area contributed by atoms with E-state index in [2.05, 4.69) is 47.2 Å². The molecule has 18 heavy (non-hydrogen) atoms. The Morgan fingerprint density at radius 1 is 1.11 bits per heavy atom. The molecule has 0 aliphatic heterocycles. The number of hydrogen-bond donors (Lipinski definition) is 0. The standard InChI is InChI=1S/C16H20N2/c1-13-6-5-7-14(10-13)15-11-17-18(12-15)16-8-3-2-4-9-16/h5-7,10-12,16H,2-4,8-9H2,1H3. The van der Waals surface area contributed by atoms with E-state index in [1.165, 1.54) is 48.8 Å². The van der Waals surface area contributed by atoms with Crippen molar-refractivity contribution in [3.05, 3.63) is 42.2 Å². The quantitative estimate of drug-likeness (QED) is 0.762. The zero-order chi connectivity index (χ0) is 12.4. The minimum atomic E-state index is 0.623. The molecule has 1 heterocycles. The molecule has 94 valence electrons. The van der Waals surface area contributed by atoms with Gasteiger partial charge in [0.25, 0.3) is 0 Å². The fourth-order valence-electron chi connectivity index (χ4n) is 2.86. The summed E-state index contributed by atoms with van der Waals surface area (Å²) >= 11 is 0. The van der Waals surface area contributed by atoms with Gasteiger partial charge < -0.3 is 0 Å². The molecule has 0 N–H and O–H groups in total. The molecule has 1 aliphatic carbocycles. The van der Waals surface area contributed by atoms with Gasteiger partial charge in [0.2, 0.25) is 0 Å². The molecule has 0 radical (unpaired) electrons. The van der Waals surface area contributed by atoms with Gasteiger partial charge in [0.15, 0.2) is 0 Å². The first kappa shape index (κ1) is 11.5. The van der Waals surface area contributed by atoms with E-state index in [0.717, 1.165) is 0 Å². The van der Waals surface area contributed by atoms with Gasteiger partial charge in [0.05, 0.1) is 12.2 Å². The molecule has 0 bridgehead atoms. The van der Waals surface area contributed by atoms with E-state index in [1.807, 2.05) is 6.20 Å². The Hall–Kier alpha value is -1.57. The second-order valence-electron chi connectivity index (χ2n) is 5.37. The van der Waals surface area contributed by atoms with Gasteiger partial charge in [-0.15, -0.1) is 0 Å². The van der Waals surface area contributed by atoms with Crippen LogP contribution in [0, 0.1) is 6.92 Å². The van der Waals surface area contributed by atoms with Crippen LogP contribution in [0.2, 0.25) is 0 Å². The van der Waals surface area contributed by atoms with Crippen molar-refractivity contribution in [2.75, 3.05) is 0 Å². The fourth-order valence-corrected chi connectivity index (χ4v) is 2.86. The van der Waals surface area contributed by atoms with Gasteiger partial charge in [0, 0.05) is 11.8 Å². The molecule has 1 aromatic carbocycles. The summed E-state index contributed by atoms with van der Waals surface area (Å²) < 4.78 is 2.18. The lowest BCUT2D eigenvalue weighted by atomic mass is 9.96. The van der Waals surface area contributed by atoms with E-state index < -0.39 is 0 Å². The lowest BCUT2D eigenvalue weighted by molar-refractivity contribution is 0.329. The predicted octanol–water partition coefficient (Wildman–Crippen LogP) is 4.36. The van der Waals surface area contributed by atoms with Crippen LogP contribution < -0.4 is 0 Å². The molecule has 0 spiro atoms. The number of rotatable bonds is 2. The average molecular weight is 240 g/mol. The summed E-state index contributed by atoms with van der Waals surface area (Å²) in [6.45, 7) is 2.13. The maximum absolute atomic E-state index is 4.56. The summed E-state index contributed by atoms with van der Waals surface area (Å²) in [5.41, 5.74) is 3.82. The van der Waals surface area contributed by atoms with Crippen molar-refractivity contribution in [3.8, 4) is 11.1 Å². The topological polar surface area (TPSA) is 17.8 Å². The molecular weight excluding hydrogens is 220 g/mol. The second-order valence-corrected chi connectivity index (χ2v) is 5.37. The zero-order valence-electron chi connectivity index (χ0n) is 11.0. The third-order valence-electron chi connectivity index (χ3n) is 3.90. The average Bonchev–Trinajstić information content (AvgIpc) is 2.89. The summed E-state index contributed by atoms with van der Waals surface area (Å²) in [7, 11) is 0. The summed E-state index contributed by atoms with van der Waals surface area (Å²) in [6, 6.07) is 9.26. The first-order chi connectivity index (χ1) is 8.83. The van der Waals surface area contributed by atoms with E-state index >= 15 is 0 Å². The SMILES string of the molecule is Cc1cccc(-c2cnn(C3CCCCC3)c2)c1. The van der Waals surface area contributed by atoms with Gasteiger partial charge in [-0.3, -0.25) is 4.68 Å². The van der Waals surface area contributed by atoms with Crippen LogP contribution in [0.25, 0.3) is 11.1 Å². The molecule has 1 aliphatic rings. The van der Waals surface area contributed by atoms with Crippen molar-refractivity contribution in [3.63, 3.8) is 0 Å². The molecule has 2 nitrogen and oxygen atoms in total. The summed E-state index contributed by atoms with van der Waals surface area (Å²) in [4.78, 5) is 0. The van der Waals surface area contributed by atoms with Crippen molar-refractivity contribution < 1.29 is 0 Å². The Balaban J connectivity index is 1.84. The van der Waals surface area contributed by atoms with Gasteiger partial charge in [-0.25, -0.2) is 0 Å². The maximum Gasteiger partial charge on any atom is 0.0568 e. The van der Waals surface area contributed by atoms with E-state index in [-0.39, 0.29) is 0 Å². The van der Waals surface area contributed by atoms with Gasteiger partial charge in [0.1, 0.15) is 0 Å². The van der Waals surface area contributed by atoms with Gasteiger partial charge in [-0.05, 0) is 25.3 Å². The Bertz CT molecular complexity index is 521. The lowest BCUT2D eigenvalue weighted by Crippen LogP contribution is -2.12. The number of nitrogens with zero attached hydrogens (tertiary/aromatic N) is 2. The molecule has 1 fully saturated rings. The van der Waals surface area contributed by atoms with E-state index in [4.69, 9.17) is 0 Å². The largest absolute Gasteiger partial charge is 0.269 e. The third kappa shape index (κ3) is 2.33. The first-order valence-corrected chi connectivity index (χ1v) is 6.94. The Morgan fingerprint density at radius 2 is 1.94 bits per heavy atom. The number of hydrogen-bond acceptors (Lipinski definition) is 1. The van der Waals surface area contributed by atoms with Crippen LogP contribution in [-0.2, 0) is 0 Å². The highest BCUT2D eigenvalue weighted by Gasteiger charge is 2.16. The molecule has 1 aromatic heterocycles. The van der Waals surface area contributed by atoms with Crippen molar-refractivity contribution in [2.24, 2.45) is 0 Å². The Kier molecular flexibility index (Phi) is 3.18. The summed E-state index contributed by atoms with van der Waals surface area (Å²) in [5.74, 6) is 0. The molecule has 0 amide bonds. The molecule has 2 aromatic rings. The molecule has 2 heteroatoms.